The number of para-hydroxylation sites is 2. The first-order valence-electron chi connectivity index (χ1n) is 15.7. The Morgan fingerprint density at radius 3 is 1.89 bits per heavy atom. The van der Waals surface area contributed by atoms with E-state index >= 15 is 0 Å². The number of hydrogen-bond donors (Lipinski definition) is 2. The van der Waals surface area contributed by atoms with Gasteiger partial charge in [0, 0.05) is 38.4 Å². The van der Waals surface area contributed by atoms with Crippen LogP contribution in [0.5, 0.6) is 0 Å². The lowest BCUT2D eigenvalue weighted by Crippen LogP contribution is -2.25. The van der Waals surface area contributed by atoms with Crippen LogP contribution in [0.2, 0.25) is 0 Å². The number of benzene rings is 7. The van der Waals surface area contributed by atoms with E-state index in [2.05, 4.69) is 118 Å². The Balaban J connectivity index is 1.35. The molecule has 9 aromatic rings. The summed E-state index contributed by atoms with van der Waals surface area (Å²) in [5.74, 6) is 0.785. The van der Waals surface area contributed by atoms with Crippen molar-refractivity contribution in [2.24, 2.45) is 4.99 Å². The van der Waals surface area contributed by atoms with Crippen LogP contribution in [0, 0.1) is 5.41 Å². The van der Waals surface area contributed by atoms with Gasteiger partial charge >= 0.3 is 0 Å². The number of amidine groups is 2. The van der Waals surface area contributed by atoms with Gasteiger partial charge in [-0.3, -0.25) is 15.5 Å². The molecule has 2 N–H and O–H groups in total. The number of rotatable bonds is 4. The minimum absolute atomic E-state index is 0.191. The Hall–Kier alpha value is -6.46. The quantitative estimate of drug-likeness (QED) is 0.153. The molecule has 2 aromatic heterocycles. The first-order chi connectivity index (χ1) is 23.2. The van der Waals surface area contributed by atoms with Crippen LogP contribution in [-0.4, -0.2) is 20.9 Å². The van der Waals surface area contributed by atoms with E-state index in [1.165, 1.54) is 27.1 Å². The minimum atomic E-state index is 0.191. The molecule has 222 valence electrons. The number of fused-ring (bicyclic) bond motifs is 8. The third-order valence-corrected chi connectivity index (χ3v) is 9.00. The molecule has 0 unspecified atom stereocenters. The highest BCUT2D eigenvalue weighted by Gasteiger charge is 2.20. The first kappa shape index (κ1) is 26.9. The summed E-state index contributed by atoms with van der Waals surface area (Å²) in [6.45, 7) is 0. The van der Waals surface area contributed by atoms with Crippen LogP contribution in [0.25, 0.3) is 60.1 Å². The lowest BCUT2D eigenvalue weighted by molar-refractivity contribution is 1.08. The average molecular weight is 604 g/mol. The SMILES string of the molecule is N=C(N=C(Nn1c2ccccc2c2cc3c4c5ccccc5ccc4n(-c4ccccc4)c3cc21)c1ccccc1)c1ccccc1. The molecule has 0 aliphatic heterocycles. The van der Waals surface area contributed by atoms with Crippen molar-refractivity contribution in [3.8, 4) is 5.69 Å². The molecular weight excluding hydrogens is 574 g/mol. The number of nitrogens with one attached hydrogen (secondary N) is 2. The summed E-state index contributed by atoms with van der Waals surface area (Å²) in [4.78, 5) is 4.86. The third-order valence-electron chi connectivity index (χ3n) is 9.00. The Labute approximate surface area is 271 Å². The highest BCUT2D eigenvalue weighted by Crippen LogP contribution is 2.40. The van der Waals surface area contributed by atoms with Crippen molar-refractivity contribution in [1.29, 1.82) is 5.41 Å². The van der Waals surface area contributed by atoms with Gasteiger partial charge in [0.15, 0.2) is 11.7 Å². The molecule has 0 saturated carbocycles. The Bertz CT molecular complexity index is 2650. The second-order valence-corrected chi connectivity index (χ2v) is 11.7. The molecule has 0 bridgehead atoms. The topological polar surface area (TPSA) is 58.1 Å². The fourth-order valence-corrected chi connectivity index (χ4v) is 6.85. The fraction of sp³-hybridized carbons (Fsp3) is 0. The fourth-order valence-electron chi connectivity index (χ4n) is 6.85. The van der Waals surface area contributed by atoms with Gasteiger partial charge in [0.2, 0.25) is 0 Å². The van der Waals surface area contributed by atoms with Crippen molar-refractivity contribution in [3.05, 3.63) is 175 Å². The zero-order valence-electron chi connectivity index (χ0n) is 25.4. The van der Waals surface area contributed by atoms with E-state index in [1.54, 1.807) is 0 Å². The van der Waals surface area contributed by atoms with Gasteiger partial charge in [0.25, 0.3) is 0 Å². The number of hydrogen-bond acceptors (Lipinski definition) is 1. The summed E-state index contributed by atoms with van der Waals surface area (Å²) < 4.78 is 4.50. The van der Waals surface area contributed by atoms with Crippen molar-refractivity contribution in [2.75, 3.05) is 5.43 Å². The first-order valence-corrected chi connectivity index (χ1v) is 15.7. The summed E-state index contributed by atoms with van der Waals surface area (Å²) >= 11 is 0. The van der Waals surface area contributed by atoms with Crippen molar-refractivity contribution < 1.29 is 0 Å². The van der Waals surface area contributed by atoms with E-state index in [9.17, 15) is 0 Å². The Morgan fingerprint density at radius 1 is 0.489 bits per heavy atom. The monoisotopic (exact) mass is 603 g/mol. The zero-order chi connectivity index (χ0) is 31.3. The van der Waals surface area contributed by atoms with Gasteiger partial charge in [-0.15, -0.1) is 0 Å². The molecular formula is C42H29N5. The van der Waals surface area contributed by atoms with Crippen molar-refractivity contribution in [2.45, 2.75) is 0 Å². The maximum absolute atomic E-state index is 8.88. The summed E-state index contributed by atoms with van der Waals surface area (Å²) in [7, 11) is 0. The van der Waals surface area contributed by atoms with Crippen molar-refractivity contribution >= 4 is 66.1 Å². The largest absolute Gasteiger partial charge is 0.309 e. The molecule has 0 atom stereocenters. The van der Waals surface area contributed by atoms with Gasteiger partial charge in [-0.2, -0.15) is 0 Å². The molecule has 47 heavy (non-hydrogen) atoms. The molecule has 0 saturated heterocycles. The third kappa shape index (κ3) is 4.40. The molecule has 0 radical (unpaired) electrons. The van der Waals surface area contributed by atoms with Crippen LogP contribution < -0.4 is 5.43 Å². The lowest BCUT2D eigenvalue weighted by atomic mass is 10.0. The maximum atomic E-state index is 8.88. The number of aromatic nitrogens is 2. The van der Waals surface area contributed by atoms with Gasteiger partial charge in [-0.1, -0.05) is 127 Å². The van der Waals surface area contributed by atoms with E-state index in [0.29, 0.717) is 5.84 Å². The summed E-state index contributed by atoms with van der Waals surface area (Å²) in [5.41, 5.74) is 10.8. The van der Waals surface area contributed by atoms with Crippen LogP contribution in [0.3, 0.4) is 0 Å². The Morgan fingerprint density at radius 2 is 1.13 bits per heavy atom. The normalized spacial score (nSPS) is 12.0. The van der Waals surface area contributed by atoms with Crippen molar-refractivity contribution in [1.82, 2.24) is 9.24 Å². The van der Waals surface area contributed by atoms with Crippen LogP contribution >= 0.6 is 0 Å². The molecule has 0 spiro atoms. The lowest BCUT2D eigenvalue weighted by Gasteiger charge is -2.15. The van der Waals surface area contributed by atoms with E-state index in [4.69, 9.17) is 10.4 Å². The van der Waals surface area contributed by atoms with Gasteiger partial charge in [-0.05, 0) is 47.2 Å². The van der Waals surface area contributed by atoms with E-state index in [1.807, 2.05) is 60.7 Å². The number of aliphatic imine (C=N–C) groups is 1. The summed E-state index contributed by atoms with van der Waals surface area (Å²) in [6.07, 6.45) is 0. The molecule has 0 aliphatic carbocycles. The zero-order valence-corrected chi connectivity index (χ0v) is 25.4. The molecule has 0 aliphatic rings. The standard InChI is InChI=1S/C42H29N5/c43-41(29-15-4-1-5-16-29)44-42(30-17-6-2-7-18-30)45-47-36-23-13-12-22-33(36)34-26-35-38(27-39(34)47)46(31-19-8-3-9-20-31)37-25-24-28-14-10-11-21-32(28)40(35)37/h1-27H,(H2,43,44,45). The maximum Gasteiger partial charge on any atom is 0.154 e. The second-order valence-electron chi connectivity index (χ2n) is 11.7. The van der Waals surface area contributed by atoms with Crippen LogP contribution in [0.1, 0.15) is 11.1 Å². The Kier molecular flexibility index (Phi) is 6.22. The number of nitrogens with zero attached hydrogens (tertiary/aromatic N) is 3. The van der Waals surface area contributed by atoms with E-state index in [-0.39, 0.29) is 5.84 Å². The molecule has 2 heterocycles. The van der Waals surface area contributed by atoms with E-state index < -0.39 is 0 Å². The predicted molar refractivity (Wildman–Crippen MR) is 197 cm³/mol. The summed E-state index contributed by atoms with van der Waals surface area (Å²) in [5, 5.41) is 16.1. The highest BCUT2D eigenvalue weighted by molar-refractivity contribution is 6.25. The van der Waals surface area contributed by atoms with Gasteiger partial charge < -0.3 is 4.57 Å². The van der Waals surface area contributed by atoms with Crippen LogP contribution in [0.4, 0.5) is 0 Å². The summed E-state index contributed by atoms with van der Waals surface area (Å²) in [6, 6.07) is 56.5. The highest BCUT2D eigenvalue weighted by atomic mass is 15.4. The molecule has 5 nitrogen and oxygen atoms in total. The minimum Gasteiger partial charge on any atom is -0.309 e. The molecule has 0 amide bonds. The van der Waals surface area contributed by atoms with E-state index in [0.717, 1.165) is 44.1 Å². The van der Waals surface area contributed by atoms with Crippen LogP contribution in [-0.2, 0) is 0 Å². The predicted octanol–water partition coefficient (Wildman–Crippen LogP) is 10.1. The van der Waals surface area contributed by atoms with Crippen LogP contribution in [0.15, 0.2) is 169 Å². The van der Waals surface area contributed by atoms with Gasteiger partial charge in [0.1, 0.15) is 0 Å². The molecule has 7 aromatic carbocycles. The second kappa shape index (κ2) is 10.9. The molecule has 9 rings (SSSR count). The van der Waals surface area contributed by atoms with Gasteiger partial charge in [0.05, 0.1) is 22.1 Å². The van der Waals surface area contributed by atoms with Gasteiger partial charge in [-0.25, -0.2) is 4.99 Å². The molecule has 5 heteroatoms. The molecule has 0 fully saturated rings. The van der Waals surface area contributed by atoms with Crippen molar-refractivity contribution in [3.63, 3.8) is 0 Å². The average Bonchev–Trinajstić information content (AvgIpc) is 3.63. The smallest absolute Gasteiger partial charge is 0.154 e.